The van der Waals surface area contributed by atoms with E-state index in [0.29, 0.717) is 11.5 Å². The van der Waals surface area contributed by atoms with E-state index in [1.165, 1.54) is 0 Å². The molecule has 34 heavy (non-hydrogen) atoms. The summed E-state index contributed by atoms with van der Waals surface area (Å²) in [4.78, 5) is 4.65. The second-order valence-electron chi connectivity index (χ2n) is 10.7. The highest BCUT2D eigenvalue weighted by Gasteiger charge is 2.17. The van der Waals surface area contributed by atoms with Gasteiger partial charge in [0.25, 0.3) is 0 Å². The molecule has 0 aliphatic heterocycles. The number of ether oxygens (including phenoxy) is 2. The Labute approximate surface area is 203 Å². The number of aromatic nitrogens is 1. The highest BCUT2D eigenvalue weighted by atomic mass is 16.5. The summed E-state index contributed by atoms with van der Waals surface area (Å²) in [5.41, 5.74) is 5.38. The summed E-state index contributed by atoms with van der Waals surface area (Å²) < 4.78 is 12.0. The van der Waals surface area contributed by atoms with Crippen LogP contribution in [0.2, 0.25) is 0 Å². The van der Waals surface area contributed by atoms with Crippen LogP contribution in [0.5, 0.6) is 11.5 Å². The minimum absolute atomic E-state index is 0.00128. The molecule has 0 spiro atoms. The number of pyridine rings is 1. The van der Waals surface area contributed by atoms with Crippen molar-refractivity contribution in [3.63, 3.8) is 0 Å². The molecule has 0 saturated carbocycles. The molecule has 0 aliphatic carbocycles. The van der Waals surface area contributed by atoms with Crippen LogP contribution in [0.1, 0.15) is 75.2 Å². The SMILES string of the molecule is CC(C)(C)c1ccc(OCc2cccc(COc3ccc(C(C)(C)C)cc3CO)n2)c(CO)c1. The van der Waals surface area contributed by atoms with Crippen LogP contribution in [-0.2, 0) is 37.3 Å². The van der Waals surface area contributed by atoms with E-state index in [1.54, 1.807) is 0 Å². The molecular weight excluding hydrogens is 426 g/mol. The highest BCUT2D eigenvalue weighted by Crippen LogP contribution is 2.30. The summed E-state index contributed by atoms with van der Waals surface area (Å²) in [6, 6.07) is 17.6. The molecule has 0 unspecified atom stereocenters. The number of hydrogen-bond donors (Lipinski definition) is 2. The number of rotatable bonds is 8. The summed E-state index contributed by atoms with van der Waals surface area (Å²) >= 11 is 0. The van der Waals surface area contributed by atoms with Crippen molar-refractivity contribution in [1.82, 2.24) is 4.98 Å². The minimum Gasteiger partial charge on any atom is -0.487 e. The number of hydrogen-bond acceptors (Lipinski definition) is 5. The van der Waals surface area contributed by atoms with Crippen LogP contribution in [0.4, 0.5) is 0 Å². The third-order valence-corrected chi connectivity index (χ3v) is 5.81. The summed E-state index contributed by atoms with van der Waals surface area (Å²) in [5.74, 6) is 1.32. The lowest BCUT2D eigenvalue weighted by atomic mass is 9.86. The monoisotopic (exact) mass is 463 g/mol. The molecule has 1 aromatic heterocycles. The van der Waals surface area contributed by atoms with E-state index in [2.05, 4.69) is 46.5 Å². The number of nitrogens with zero attached hydrogens (tertiary/aromatic N) is 1. The third kappa shape index (κ3) is 6.58. The third-order valence-electron chi connectivity index (χ3n) is 5.81. The zero-order chi connectivity index (χ0) is 24.9. The first-order chi connectivity index (χ1) is 16.0. The Morgan fingerprint density at radius 3 is 1.41 bits per heavy atom. The fourth-order valence-corrected chi connectivity index (χ4v) is 3.61. The maximum absolute atomic E-state index is 9.80. The molecule has 0 fully saturated rings. The van der Waals surface area contributed by atoms with Gasteiger partial charge in [-0.1, -0.05) is 59.7 Å². The molecule has 2 aromatic carbocycles. The van der Waals surface area contributed by atoms with Crippen LogP contribution >= 0.6 is 0 Å². The van der Waals surface area contributed by atoms with Gasteiger partial charge in [-0.15, -0.1) is 0 Å². The first-order valence-corrected chi connectivity index (χ1v) is 11.7. The Morgan fingerprint density at radius 1 is 0.647 bits per heavy atom. The van der Waals surface area contributed by atoms with Crippen molar-refractivity contribution < 1.29 is 19.7 Å². The van der Waals surface area contributed by atoms with E-state index in [0.717, 1.165) is 33.6 Å². The maximum atomic E-state index is 9.80. The zero-order valence-corrected chi connectivity index (χ0v) is 21.2. The normalized spacial score (nSPS) is 12.0. The highest BCUT2D eigenvalue weighted by molar-refractivity contribution is 5.40. The summed E-state index contributed by atoms with van der Waals surface area (Å²) in [7, 11) is 0. The quantitative estimate of drug-likeness (QED) is 0.440. The molecule has 5 heteroatoms. The molecule has 0 amide bonds. The molecule has 0 aliphatic rings. The van der Waals surface area contributed by atoms with E-state index in [9.17, 15) is 10.2 Å². The average molecular weight is 464 g/mol. The van der Waals surface area contributed by atoms with E-state index in [4.69, 9.17) is 9.47 Å². The zero-order valence-electron chi connectivity index (χ0n) is 21.2. The lowest BCUT2D eigenvalue weighted by Crippen LogP contribution is -2.12. The second kappa shape index (κ2) is 10.6. The van der Waals surface area contributed by atoms with Crippen molar-refractivity contribution in [2.75, 3.05) is 0 Å². The standard InChI is InChI=1S/C29H37NO4/c1-28(2,3)22-10-12-26(20(14-22)16-31)33-18-24-8-7-9-25(30-24)19-34-27-13-11-23(29(4,5)6)15-21(27)17-32/h7-15,31-32H,16-19H2,1-6H3. The van der Waals surface area contributed by atoms with Crippen molar-refractivity contribution in [3.05, 3.63) is 88.2 Å². The Morgan fingerprint density at radius 2 is 1.06 bits per heavy atom. The largest absolute Gasteiger partial charge is 0.487 e. The van der Waals surface area contributed by atoms with Crippen LogP contribution in [0.15, 0.2) is 54.6 Å². The van der Waals surface area contributed by atoms with Crippen molar-refractivity contribution in [2.45, 2.75) is 78.8 Å². The molecule has 0 radical (unpaired) electrons. The van der Waals surface area contributed by atoms with Gasteiger partial charge in [0, 0.05) is 11.1 Å². The predicted octanol–water partition coefficient (Wildman–Crippen LogP) is 5.82. The first kappa shape index (κ1) is 25.7. The maximum Gasteiger partial charge on any atom is 0.130 e. The fourth-order valence-electron chi connectivity index (χ4n) is 3.61. The van der Waals surface area contributed by atoms with Gasteiger partial charge in [-0.3, -0.25) is 4.98 Å². The van der Waals surface area contributed by atoms with Crippen molar-refractivity contribution in [3.8, 4) is 11.5 Å². The molecule has 0 atom stereocenters. The van der Waals surface area contributed by atoms with Gasteiger partial charge >= 0.3 is 0 Å². The van der Waals surface area contributed by atoms with Crippen LogP contribution in [0, 0.1) is 0 Å². The Hall–Kier alpha value is -2.89. The summed E-state index contributed by atoms with van der Waals surface area (Å²) in [6.45, 7) is 13.3. The molecular formula is C29H37NO4. The van der Waals surface area contributed by atoms with Crippen LogP contribution < -0.4 is 9.47 Å². The Balaban J connectivity index is 1.67. The molecule has 3 rings (SSSR count). The topological polar surface area (TPSA) is 71.8 Å². The van der Waals surface area contributed by atoms with Crippen LogP contribution in [-0.4, -0.2) is 15.2 Å². The smallest absolute Gasteiger partial charge is 0.130 e. The van der Waals surface area contributed by atoms with E-state index in [-0.39, 0.29) is 37.3 Å². The van der Waals surface area contributed by atoms with E-state index < -0.39 is 0 Å². The van der Waals surface area contributed by atoms with E-state index >= 15 is 0 Å². The second-order valence-corrected chi connectivity index (χ2v) is 10.7. The molecule has 0 saturated heterocycles. The average Bonchev–Trinajstić information content (AvgIpc) is 2.80. The van der Waals surface area contributed by atoms with Gasteiger partial charge in [0.05, 0.1) is 24.6 Å². The van der Waals surface area contributed by atoms with Crippen molar-refractivity contribution in [1.29, 1.82) is 0 Å². The van der Waals surface area contributed by atoms with Gasteiger partial charge in [-0.25, -0.2) is 0 Å². The van der Waals surface area contributed by atoms with Gasteiger partial charge in [-0.2, -0.15) is 0 Å². The summed E-state index contributed by atoms with van der Waals surface area (Å²) in [6.07, 6.45) is 0. The lowest BCUT2D eigenvalue weighted by Gasteiger charge is -2.21. The Bertz CT molecular complexity index is 1030. The first-order valence-electron chi connectivity index (χ1n) is 11.7. The Kier molecular flexibility index (Phi) is 8.01. The summed E-state index contributed by atoms with van der Waals surface area (Å²) in [5, 5.41) is 19.6. The van der Waals surface area contributed by atoms with Crippen molar-refractivity contribution in [2.24, 2.45) is 0 Å². The molecule has 5 nitrogen and oxygen atoms in total. The van der Waals surface area contributed by atoms with Crippen LogP contribution in [0.3, 0.4) is 0 Å². The molecule has 0 bridgehead atoms. The molecule has 182 valence electrons. The molecule has 2 N–H and O–H groups in total. The lowest BCUT2D eigenvalue weighted by molar-refractivity contribution is 0.253. The fraction of sp³-hybridized carbons (Fsp3) is 0.414. The van der Waals surface area contributed by atoms with Gasteiger partial charge in [0.1, 0.15) is 24.7 Å². The van der Waals surface area contributed by atoms with Crippen LogP contribution in [0.25, 0.3) is 0 Å². The minimum atomic E-state index is -0.0816. The number of aliphatic hydroxyl groups is 2. The van der Waals surface area contributed by atoms with Gasteiger partial charge in [0.15, 0.2) is 0 Å². The van der Waals surface area contributed by atoms with E-state index in [1.807, 2.05) is 54.6 Å². The molecule has 1 heterocycles. The predicted molar refractivity (Wildman–Crippen MR) is 135 cm³/mol. The van der Waals surface area contributed by atoms with Gasteiger partial charge < -0.3 is 19.7 Å². The number of benzene rings is 2. The van der Waals surface area contributed by atoms with Gasteiger partial charge in [-0.05, 0) is 58.4 Å². The van der Waals surface area contributed by atoms with Crippen molar-refractivity contribution >= 4 is 0 Å². The number of aliphatic hydroxyl groups excluding tert-OH is 2. The van der Waals surface area contributed by atoms with Gasteiger partial charge in [0.2, 0.25) is 0 Å². The molecule has 3 aromatic rings.